The molecule has 0 saturated heterocycles. The van der Waals surface area contributed by atoms with E-state index in [4.69, 9.17) is 14.1 Å². The Hall–Kier alpha value is -3.63. The predicted molar refractivity (Wildman–Crippen MR) is 159 cm³/mol. The molecule has 2 aromatic heterocycles. The summed E-state index contributed by atoms with van der Waals surface area (Å²) in [5.74, 6) is 2.86. The third-order valence-electron chi connectivity index (χ3n) is 8.29. The molecule has 1 aliphatic heterocycles. The molecule has 1 fully saturated rings. The maximum atomic E-state index is 13.1. The first-order chi connectivity index (χ1) is 19.8. The van der Waals surface area contributed by atoms with Gasteiger partial charge < -0.3 is 29.8 Å². The number of pyridine rings is 1. The Balaban J connectivity index is 1.14. The molecule has 0 radical (unpaired) electrons. The van der Waals surface area contributed by atoms with Gasteiger partial charge in [-0.2, -0.15) is 0 Å². The van der Waals surface area contributed by atoms with E-state index in [0.29, 0.717) is 24.8 Å². The number of hydrogen-bond donors (Lipinski definition) is 3. The summed E-state index contributed by atoms with van der Waals surface area (Å²) >= 11 is 0. The molecular weight excluding hydrogens is 520 g/mol. The van der Waals surface area contributed by atoms with Crippen LogP contribution in [0.15, 0.2) is 35.1 Å². The van der Waals surface area contributed by atoms with Crippen molar-refractivity contribution in [2.24, 2.45) is 0 Å². The Morgan fingerprint density at radius 3 is 2.83 bits per heavy atom. The second-order valence-corrected chi connectivity index (χ2v) is 11.2. The maximum Gasteiger partial charge on any atom is 0.251 e. The molecule has 1 aromatic carbocycles. The quantitative estimate of drug-likeness (QED) is 0.303. The monoisotopic (exact) mass is 562 g/mol. The fraction of sp³-hybridized carbons (Fsp3) is 0.516. The molecule has 2 aliphatic rings. The second kappa shape index (κ2) is 12.9. The number of aromatic nitrogens is 2. The van der Waals surface area contributed by atoms with Crippen LogP contribution < -0.4 is 20.3 Å². The number of amides is 1. The highest BCUT2D eigenvalue weighted by molar-refractivity contribution is 5.95. The van der Waals surface area contributed by atoms with Crippen LogP contribution >= 0.6 is 0 Å². The van der Waals surface area contributed by atoms with Crippen LogP contribution in [0.2, 0.25) is 0 Å². The summed E-state index contributed by atoms with van der Waals surface area (Å²) in [7, 11) is 1.96. The zero-order chi connectivity index (χ0) is 28.9. The van der Waals surface area contributed by atoms with Crippen LogP contribution in [0.3, 0.4) is 0 Å². The van der Waals surface area contributed by atoms with Gasteiger partial charge in [-0.3, -0.25) is 9.69 Å². The molecule has 3 heterocycles. The van der Waals surface area contributed by atoms with Gasteiger partial charge in [0.25, 0.3) is 5.91 Å². The van der Waals surface area contributed by atoms with E-state index in [1.54, 1.807) is 0 Å². The minimum Gasteiger partial charge on any atom is -0.485 e. The number of rotatable bonds is 12. The minimum atomic E-state index is -0.679. The first-order valence-electron chi connectivity index (χ1n) is 14.6. The van der Waals surface area contributed by atoms with E-state index >= 15 is 0 Å². The van der Waals surface area contributed by atoms with Gasteiger partial charge in [0.1, 0.15) is 24.0 Å². The van der Waals surface area contributed by atoms with E-state index < -0.39 is 6.10 Å². The summed E-state index contributed by atoms with van der Waals surface area (Å²) in [6.45, 7) is 9.43. The summed E-state index contributed by atoms with van der Waals surface area (Å²) in [5, 5.41) is 17.2. The number of benzene rings is 1. The van der Waals surface area contributed by atoms with Crippen LogP contribution in [0, 0.1) is 13.8 Å². The average Bonchev–Trinajstić information content (AvgIpc) is 3.37. The molecule has 0 bridgehead atoms. The van der Waals surface area contributed by atoms with Crippen LogP contribution in [-0.4, -0.2) is 71.3 Å². The molecule has 41 heavy (non-hydrogen) atoms. The number of nitrogens with one attached hydrogen (secondary N) is 2. The molecule has 3 aromatic rings. The van der Waals surface area contributed by atoms with Gasteiger partial charge in [-0.15, -0.1) is 0 Å². The summed E-state index contributed by atoms with van der Waals surface area (Å²) in [4.78, 5) is 26.1. The third-order valence-corrected chi connectivity index (χ3v) is 8.29. The smallest absolute Gasteiger partial charge is 0.251 e. The molecule has 0 spiro atoms. The van der Waals surface area contributed by atoms with Crippen LogP contribution in [0.1, 0.15) is 64.7 Å². The van der Waals surface area contributed by atoms with E-state index in [2.05, 4.69) is 40.4 Å². The van der Waals surface area contributed by atoms with Gasteiger partial charge in [-0.25, -0.2) is 9.97 Å². The lowest BCUT2D eigenvalue weighted by Gasteiger charge is -2.31. The number of anilines is 2. The molecule has 1 atom stereocenters. The third kappa shape index (κ3) is 7.00. The molecule has 10 heteroatoms. The van der Waals surface area contributed by atoms with Crippen LogP contribution in [-0.2, 0) is 19.6 Å². The van der Waals surface area contributed by atoms with Gasteiger partial charge in [0.05, 0.1) is 11.8 Å². The first-order valence-corrected chi connectivity index (χ1v) is 14.6. The van der Waals surface area contributed by atoms with Gasteiger partial charge >= 0.3 is 0 Å². The van der Waals surface area contributed by atoms with E-state index in [1.807, 2.05) is 37.1 Å². The minimum absolute atomic E-state index is 0.182. The fourth-order valence-corrected chi connectivity index (χ4v) is 5.31. The van der Waals surface area contributed by atoms with Crippen LogP contribution in [0.25, 0.3) is 0 Å². The molecule has 3 N–H and O–H groups in total. The zero-order valence-corrected chi connectivity index (χ0v) is 24.6. The maximum absolute atomic E-state index is 13.1. The topological polar surface area (TPSA) is 116 Å². The van der Waals surface area contributed by atoms with E-state index in [1.165, 1.54) is 23.9 Å². The molecule has 5 rings (SSSR count). The number of fused-ring (bicyclic) bond motifs is 1. The molecule has 1 unspecified atom stereocenters. The summed E-state index contributed by atoms with van der Waals surface area (Å²) in [5.41, 5.74) is 5.06. The Bertz CT molecular complexity index is 1350. The number of oxazole rings is 1. The number of carbonyl (C=O) groups is 1. The second-order valence-electron chi connectivity index (χ2n) is 11.2. The number of nitrogens with zero attached hydrogens (tertiary/aromatic N) is 4. The highest BCUT2D eigenvalue weighted by atomic mass is 16.5. The molecule has 1 saturated carbocycles. The average molecular weight is 563 g/mol. The highest BCUT2D eigenvalue weighted by Crippen LogP contribution is 2.30. The summed E-state index contributed by atoms with van der Waals surface area (Å²) < 4.78 is 11.4. The van der Waals surface area contributed by atoms with Gasteiger partial charge in [-0.05, 0) is 81.3 Å². The lowest BCUT2D eigenvalue weighted by Crippen LogP contribution is -2.42. The van der Waals surface area contributed by atoms with Gasteiger partial charge in [0, 0.05) is 51.4 Å². The Labute approximate surface area is 242 Å². The Kier molecular flexibility index (Phi) is 9.09. The van der Waals surface area contributed by atoms with Crippen molar-refractivity contribution in [1.29, 1.82) is 0 Å². The Morgan fingerprint density at radius 1 is 1.29 bits per heavy atom. The SMILES string of the molecule is CCN(C)c1cc(C(=O)NCC(O)CN2CCc3c(ccc(OCc4ocnc4C)c3C)C2)cc(NC2CCC2)n1. The van der Waals surface area contributed by atoms with E-state index in [9.17, 15) is 9.90 Å². The zero-order valence-electron chi connectivity index (χ0n) is 24.6. The predicted octanol–water partition coefficient (Wildman–Crippen LogP) is 3.83. The van der Waals surface area contributed by atoms with Crippen molar-refractivity contribution < 1.29 is 19.1 Å². The number of hydrogen-bond acceptors (Lipinski definition) is 9. The molecular formula is C31H42N6O4. The lowest BCUT2D eigenvalue weighted by molar-refractivity contribution is 0.0841. The molecule has 1 aliphatic carbocycles. The Morgan fingerprint density at radius 2 is 2.12 bits per heavy atom. The number of ether oxygens (including phenoxy) is 1. The van der Waals surface area contributed by atoms with Gasteiger partial charge in [0.2, 0.25) is 0 Å². The summed E-state index contributed by atoms with van der Waals surface area (Å²) in [6.07, 6.45) is 5.11. The molecule has 10 nitrogen and oxygen atoms in total. The van der Waals surface area contributed by atoms with Crippen LogP contribution in [0.5, 0.6) is 5.75 Å². The van der Waals surface area contributed by atoms with Crippen molar-refractivity contribution in [3.63, 3.8) is 0 Å². The molecule has 1 amide bonds. The fourth-order valence-electron chi connectivity index (χ4n) is 5.31. The highest BCUT2D eigenvalue weighted by Gasteiger charge is 2.23. The largest absolute Gasteiger partial charge is 0.485 e. The summed E-state index contributed by atoms with van der Waals surface area (Å²) in [6, 6.07) is 8.15. The standard InChI is InChI=1S/C31H42N6O4/c1-5-36(4)30-14-23(13-29(35-30)34-24-7-6-8-24)31(39)32-15-25(38)17-37-12-11-26-20(2)27(10-9-22(26)16-37)40-18-28-21(3)33-19-41-28/h9-10,13-14,19,24-25,38H,5-8,11-12,15-18H2,1-4H3,(H,32,39)(H,34,35). The van der Waals surface area contributed by atoms with Crippen molar-refractivity contribution in [1.82, 2.24) is 20.2 Å². The van der Waals surface area contributed by atoms with Crippen molar-refractivity contribution in [3.8, 4) is 5.75 Å². The lowest BCUT2D eigenvalue weighted by atomic mass is 9.93. The number of aryl methyl sites for hydroxylation is 1. The number of aliphatic hydroxyl groups is 1. The number of carbonyl (C=O) groups excluding carboxylic acids is 1. The van der Waals surface area contributed by atoms with Crippen molar-refractivity contribution >= 4 is 17.5 Å². The van der Waals surface area contributed by atoms with Crippen molar-refractivity contribution in [2.75, 3.05) is 43.4 Å². The van der Waals surface area contributed by atoms with Gasteiger partial charge in [0.15, 0.2) is 12.2 Å². The first kappa shape index (κ1) is 28.9. The normalized spacial score (nSPS) is 16.0. The van der Waals surface area contributed by atoms with E-state index in [0.717, 1.165) is 73.3 Å². The van der Waals surface area contributed by atoms with Crippen molar-refractivity contribution in [2.45, 2.75) is 71.8 Å². The molecule has 220 valence electrons. The number of aliphatic hydroxyl groups excluding tert-OH is 1. The van der Waals surface area contributed by atoms with Crippen LogP contribution in [0.4, 0.5) is 11.6 Å². The van der Waals surface area contributed by atoms with E-state index in [-0.39, 0.29) is 12.5 Å². The van der Waals surface area contributed by atoms with Crippen molar-refractivity contribution in [3.05, 3.63) is 64.4 Å². The van der Waals surface area contributed by atoms with Gasteiger partial charge in [-0.1, -0.05) is 6.07 Å². The number of β-amino-alcohol motifs (C(OH)–C–C–N with tert-alkyl or cyclic N) is 1.